The highest BCUT2D eigenvalue weighted by Crippen LogP contribution is 2.15. The Kier molecular flexibility index (Phi) is 4.74. The molecule has 0 spiro atoms. The predicted molar refractivity (Wildman–Crippen MR) is 80.4 cm³/mol. The number of rotatable bonds is 5. The molecular formula is C16H19NOS. The zero-order chi connectivity index (χ0) is 13.7. The molecule has 0 bridgehead atoms. The summed E-state index contributed by atoms with van der Waals surface area (Å²) in [5.41, 5.74) is 2.47. The minimum atomic E-state index is 0.0540. The van der Waals surface area contributed by atoms with Crippen LogP contribution in [-0.4, -0.2) is 5.91 Å². The van der Waals surface area contributed by atoms with Gasteiger partial charge in [-0.25, -0.2) is 0 Å². The van der Waals surface area contributed by atoms with Crippen LogP contribution in [0.3, 0.4) is 0 Å². The molecule has 0 fully saturated rings. The molecule has 1 aromatic carbocycles. The van der Waals surface area contributed by atoms with Crippen LogP contribution in [0, 0.1) is 0 Å². The summed E-state index contributed by atoms with van der Waals surface area (Å²) in [6.07, 6.45) is 1.51. The van der Waals surface area contributed by atoms with E-state index in [9.17, 15) is 4.79 Å². The Hall–Kier alpha value is -1.61. The minimum Gasteiger partial charge on any atom is -0.349 e. The molecule has 0 unspecified atom stereocenters. The Bertz CT molecular complexity index is 516. The zero-order valence-corrected chi connectivity index (χ0v) is 12.2. The van der Waals surface area contributed by atoms with Crippen molar-refractivity contribution in [3.05, 3.63) is 57.8 Å². The van der Waals surface area contributed by atoms with E-state index in [2.05, 4.69) is 36.5 Å². The number of carbonyl (C=O) groups excluding carboxylic acids is 1. The van der Waals surface area contributed by atoms with Crippen molar-refractivity contribution in [2.75, 3.05) is 0 Å². The molecule has 1 N–H and O–H groups in total. The Labute approximate surface area is 118 Å². The minimum absolute atomic E-state index is 0.0540. The number of carbonyl (C=O) groups is 1. The number of hydrogen-bond acceptors (Lipinski definition) is 2. The standard InChI is InChI=1S/C16H19NOS/c1-3-13-6-8-14(9-7-13)12(2)17-16(18)11-15-5-4-10-19-15/h4-10,12H,3,11H2,1-2H3,(H,17,18)/t12-/m0/s1. The molecule has 0 aliphatic rings. The molecule has 1 heterocycles. The SMILES string of the molecule is CCc1ccc([C@H](C)NC(=O)Cc2cccs2)cc1. The average molecular weight is 273 g/mol. The number of amides is 1. The first-order valence-corrected chi connectivity index (χ1v) is 7.47. The van der Waals surface area contributed by atoms with Gasteiger partial charge in [0.2, 0.25) is 5.91 Å². The van der Waals surface area contributed by atoms with Gasteiger partial charge in [-0.3, -0.25) is 4.79 Å². The maximum absolute atomic E-state index is 11.9. The van der Waals surface area contributed by atoms with Gasteiger partial charge in [0.05, 0.1) is 12.5 Å². The highest BCUT2D eigenvalue weighted by molar-refractivity contribution is 7.10. The van der Waals surface area contributed by atoms with Gasteiger partial charge >= 0.3 is 0 Å². The molecule has 2 rings (SSSR count). The van der Waals surface area contributed by atoms with Crippen molar-refractivity contribution in [3.8, 4) is 0 Å². The van der Waals surface area contributed by atoms with Gasteiger partial charge in [0.15, 0.2) is 0 Å². The fourth-order valence-electron chi connectivity index (χ4n) is 1.99. The van der Waals surface area contributed by atoms with Crippen LogP contribution in [0.4, 0.5) is 0 Å². The molecule has 1 atom stereocenters. The largest absolute Gasteiger partial charge is 0.349 e. The van der Waals surface area contributed by atoms with E-state index >= 15 is 0 Å². The van der Waals surface area contributed by atoms with E-state index in [4.69, 9.17) is 0 Å². The van der Waals surface area contributed by atoms with Gasteiger partial charge in [0.1, 0.15) is 0 Å². The summed E-state index contributed by atoms with van der Waals surface area (Å²) in [4.78, 5) is 13.0. The van der Waals surface area contributed by atoms with Crippen molar-refractivity contribution in [2.45, 2.75) is 32.7 Å². The lowest BCUT2D eigenvalue weighted by molar-refractivity contribution is -0.121. The first kappa shape index (κ1) is 13.8. The van der Waals surface area contributed by atoms with E-state index < -0.39 is 0 Å². The van der Waals surface area contributed by atoms with E-state index in [-0.39, 0.29) is 11.9 Å². The van der Waals surface area contributed by atoms with Crippen LogP contribution >= 0.6 is 11.3 Å². The molecule has 2 nitrogen and oxygen atoms in total. The van der Waals surface area contributed by atoms with Gasteiger partial charge in [-0.15, -0.1) is 11.3 Å². The molecule has 0 saturated heterocycles. The van der Waals surface area contributed by atoms with Crippen LogP contribution in [0.15, 0.2) is 41.8 Å². The van der Waals surface area contributed by atoms with Gasteiger partial charge in [-0.2, -0.15) is 0 Å². The second-order valence-corrected chi connectivity index (χ2v) is 5.67. The molecule has 1 aromatic heterocycles. The van der Waals surface area contributed by atoms with E-state index in [0.717, 1.165) is 16.9 Å². The Balaban J connectivity index is 1.92. The van der Waals surface area contributed by atoms with Crippen LogP contribution < -0.4 is 5.32 Å². The molecule has 0 saturated carbocycles. The smallest absolute Gasteiger partial charge is 0.225 e. The maximum atomic E-state index is 11.9. The summed E-state index contributed by atoms with van der Waals surface area (Å²) < 4.78 is 0. The van der Waals surface area contributed by atoms with Crippen molar-refractivity contribution < 1.29 is 4.79 Å². The van der Waals surface area contributed by atoms with Gasteiger partial charge in [-0.05, 0) is 35.9 Å². The van der Waals surface area contributed by atoms with Crippen LogP contribution in [-0.2, 0) is 17.6 Å². The number of aryl methyl sites for hydroxylation is 1. The van der Waals surface area contributed by atoms with Crippen LogP contribution in [0.2, 0.25) is 0 Å². The normalized spacial score (nSPS) is 12.1. The zero-order valence-electron chi connectivity index (χ0n) is 11.3. The first-order valence-electron chi connectivity index (χ1n) is 6.59. The van der Waals surface area contributed by atoms with Crippen molar-refractivity contribution in [2.24, 2.45) is 0 Å². The van der Waals surface area contributed by atoms with E-state index in [1.807, 2.05) is 24.4 Å². The summed E-state index contributed by atoms with van der Waals surface area (Å²) in [5, 5.41) is 5.04. The lowest BCUT2D eigenvalue weighted by atomic mass is 10.0. The predicted octanol–water partition coefficient (Wildman–Crippen LogP) is 3.73. The first-order chi connectivity index (χ1) is 9.19. The van der Waals surface area contributed by atoms with E-state index in [1.54, 1.807) is 11.3 Å². The summed E-state index contributed by atoms with van der Waals surface area (Å²) in [5.74, 6) is 0.0783. The van der Waals surface area contributed by atoms with Gasteiger partial charge in [0, 0.05) is 4.88 Å². The van der Waals surface area contributed by atoms with Crippen molar-refractivity contribution in [1.29, 1.82) is 0 Å². The fraction of sp³-hybridized carbons (Fsp3) is 0.312. The maximum Gasteiger partial charge on any atom is 0.225 e. The third-order valence-corrected chi connectivity index (χ3v) is 4.06. The summed E-state index contributed by atoms with van der Waals surface area (Å²) in [6.45, 7) is 4.16. The summed E-state index contributed by atoms with van der Waals surface area (Å²) >= 11 is 1.62. The van der Waals surface area contributed by atoms with Crippen molar-refractivity contribution >= 4 is 17.2 Å². The van der Waals surface area contributed by atoms with Crippen LogP contribution in [0.1, 0.15) is 35.9 Å². The molecule has 1 amide bonds. The topological polar surface area (TPSA) is 29.1 Å². The molecular weight excluding hydrogens is 254 g/mol. The molecule has 19 heavy (non-hydrogen) atoms. The highest BCUT2D eigenvalue weighted by atomic mass is 32.1. The fourth-order valence-corrected chi connectivity index (χ4v) is 2.69. The molecule has 2 aromatic rings. The molecule has 0 radical (unpaired) electrons. The van der Waals surface area contributed by atoms with Crippen molar-refractivity contribution in [1.82, 2.24) is 5.32 Å². The molecule has 100 valence electrons. The Morgan fingerprint density at radius 3 is 2.58 bits per heavy atom. The average Bonchev–Trinajstić information content (AvgIpc) is 2.91. The monoisotopic (exact) mass is 273 g/mol. The molecule has 0 aliphatic carbocycles. The molecule has 3 heteroatoms. The van der Waals surface area contributed by atoms with Gasteiger partial charge in [0.25, 0.3) is 0 Å². The number of hydrogen-bond donors (Lipinski definition) is 1. The highest BCUT2D eigenvalue weighted by Gasteiger charge is 2.10. The van der Waals surface area contributed by atoms with Crippen LogP contribution in [0.25, 0.3) is 0 Å². The second kappa shape index (κ2) is 6.53. The lowest BCUT2D eigenvalue weighted by Crippen LogP contribution is -2.27. The number of benzene rings is 1. The van der Waals surface area contributed by atoms with E-state index in [1.165, 1.54) is 5.56 Å². The summed E-state index contributed by atoms with van der Waals surface area (Å²) in [7, 11) is 0. The quantitative estimate of drug-likeness (QED) is 0.883. The van der Waals surface area contributed by atoms with Gasteiger partial charge < -0.3 is 5.32 Å². The number of thiophene rings is 1. The summed E-state index contributed by atoms with van der Waals surface area (Å²) in [6, 6.07) is 12.4. The van der Waals surface area contributed by atoms with Crippen molar-refractivity contribution in [3.63, 3.8) is 0 Å². The number of nitrogens with one attached hydrogen (secondary N) is 1. The third-order valence-electron chi connectivity index (χ3n) is 3.18. The Morgan fingerprint density at radius 1 is 1.26 bits per heavy atom. The third kappa shape index (κ3) is 3.93. The van der Waals surface area contributed by atoms with E-state index in [0.29, 0.717) is 6.42 Å². The lowest BCUT2D eigenvalue weighted by Gasteiger charge is -2.14. The second-order valence-electron chi connectivity index (χ2n) is 4.64. The Morgan fingerprint density at radius 2 is 2.00 bits per heavy atom. The van der Waals surface area contributed by atoms with Gasteiger partial charge in [-0.1, -0.05) is 37.3 Å². The molecule has 0 aliphatic heterocycles. The van der Waals surface area contributed by atoms with Crippen LogP contribution in [0.5, 0.6) is 0 Å².